The molecule has 7 fully saturated rings. The summed E-state index contributed by atoms with van der Waals surface area (Å²) in [5.74, 6) is 0. The number of ether oxygens (including phenoxy) is 1. The van der Waals surface area contributed by atoms with E-state index in [4.69, 9.17) is 4.74 Å². The lowest BCUT2D eigenvalue weighted by Crippen LogP contribution is -2.51. The standard InChI is InChI=1S/C15H30.C14H28.C13H26O.2C13H26.C12H24.C11H22/c1-13(2,3)15(14(4,5)6)11-9-7-8-10-12-15;1-12(2,3)14(13(4,5)6)10-8-7-9-11-14;1-11(2,3)13(12(4,5)6)7-9-14-10-8-13;1-10(2,3)13(11(4,5)6)9-12(13,7)8;1-11(2,3)13(12(4,5)6)9-7-8-10-13;1-10(2,3)12(8-7-9-12)11(4,5)6;1-9(2,3)11(7-8-11)10(4,5)6/h7-12H2,1-6H3;7-11H2,1-6H3;7-10H2,1-6H3;9H2,1-8H3;7-10H2,1-6H3;7-9H2,1-6H3;7-8H2,1-6H3. The fraction of sp³-hybridized carbons (Fsp3) is 1.00. The minimum Gasteiger partial charge on any atom is -0.381 e. The molecule has 0 unspecified atom stereocenters. The minimum absolute atomic E-state index is 0.370. The molecule has 1 aliphatic heterocycles. The predicted molar refractivity (Wildman–Crippen MR) is 420 cm³/mol. The maximum absolute atomic E-state index is 5.52. The van der Waals surface area contributed by atoms with Crippen molar-refractivity contribution in [3.8, 4) is 0 Å². The van der Waals surface area contributed by atoms with Gasteiger partial charge in [0, 0.05) is 13.2 Å². The molecule has 1 saturated heterocycles. The second kappa shape index (κ2) is 29.5. The van der Waals surface area contributed by atoms with E-state index in [1.54, 1.807) is 0 Å². The zero-order valence-corrected chi connectivity index (χ0v) is 73.1. The van der Waals surface area contributed by atoms with Crippen LogP contribution in [0.4, 0.5) is 0 Å². The summed E-state index contributed by atoms with van der Waals surface area (Å²) in [4.78, 5) is 0. The van der Waals surface area contributed by atoms with Crippen LogP contribution in [0.25, 0.3) is 0 Å². The predicted octanol–water partition coefficient (Wildman–Crippen LogP) is 31.6. The van der Waals surface area contributed by atoms with Crippen molar-refractivity contribution in [1.29, 1.82) is 0 Å². The van der Waals surface area contributed by atoms with Gasteiger partial charge in [-0.05, 0) is 203 Å². The van der Waals surface area contributed by atoms with E-state index in [0.717, 1.165) is 13.2 Å². The molecule has 6 aliphatic carbocycles. The second-order valence-electron chi connectivity index (χ2n) is 48.1. The van der Waals surface area contributed by atoms with Crippen molar-refractivity contribution < 1.29 is 4.74 Å². The molecule has 92 heavy (non-hydrogen) atoms. The Morgan fingerprint density at radius 2 is 0.315 bits per heavy atom. The summed E-state index contributed by atoms with van der Waals surface area (Å²) in [6.45, 7) is 108. The molecule has 0 radical (unpaired) electrons. The van der Waals surface area contributed by atoms with Gasteiger partial charge < -0.3 is 4.74 Å². The lowest BCUT2D eigenvalue weighted by Gasteiger charge is -2.60. The Kier molecular flexibility index (Phi) is 28.9. The fourth-order valence-corrected chi connectivity index (χ4v) is 24.9. The average molecular weight is 1290 g/mol. The Labute approximate surface area is 586 Å². The zero-order chi connectivity index (χ0) is 73.4. The van der Waals surface area contributed by atoms with E-state index in [-0.39, 0.29) is 0 Å². The Balaban J connectivity index is 0.000000538. The Morgan fingerprint density at radius 1 is 0.174 bits per heavy atom. The average Bonchev–Trinajstić information content (AvgIpc) is 1.50. The van der Waals surface area contributed by atoms with Gasteiger partial charge in [0.25, 0.3) is 0 Å². The first-order chi connectivity index (χ1) is 40.2. The molecule has 0 aromatic rings. The Hall–Kier alpha value is -0.0400. The van der Waals surface area contributed by atoms with Crippen LogP contribution in [-0.2, 0) is 4.74 Å². The van der Waals surface area contributed by atoms with Crippen LogP contribution in [0.15, 0.2) is 0 Å². The van der Waals surface area contributed by atoms with Crippen molar-refractivity contribution in [3.63, 3.8) is 0 Å². The molecule has 0 N–H and O–H groups in total. The summed E-state index contributed by atoms with van der Waals surface area (Å²) in [6.07, 6.45) is 32.5. The molecule has 0 aromatic carbocycles. The summed E-state index contributed by atoms with van der Waals surface area (Å²) < 4.78 is 5.52. The quantitative estimate of drug-likeness (QED) is 0.220. The fourth-order valence-electron chi connectivity index (χ4n) is 24.9. The second-order valence-corrected chi connectivity index (χ2v) is 48.1. The highest BCUT2D eigenvalue weighted by molar-refractivity contribution is 5.20. The summed E-state index contributed by atoms with van der Waals surface area (Å²) in [6, 6.07) is 0. The van der Waals surface area contributed by atoms with Gasteiger partial charge in [-0.1, -0.05) is 369 Å². The third-order valence-electron chi connectivity index (χ3n) is 30.0. The first kappa shape index (κ1) is 90.0. The third-order valence-corrected chi connectivity index (χ3v) is 30.0. The van der Waals surface area contributed by atoms with E-state index < -0.39 is 0 Å². The van der Waals surface area contributed by atoms with Gasteiger partial charge in [0.05, 0.1) is 0 Å². The van der Waals surface area contributed by atoms with Crippen LogP contribution in [0.1, 0.15) is 452 Å². The van der Waals surface area contributed by atoms with E-state index in [2.05, 4.69) is 305 Å². The zero-order valence-electron chi connectivity index (χ0n) is 73.1. The van der Waals surface area contributed by atoms with Gasteiger partial charge in [0.1, 0.15) is 0 Å². The molecule has 0 amide bonds. The first-order valence-corrected chi connectivity index (χ1v) is 39.8. The van der Waals surface area contributed by atoms with Crippen molar-refractivity contribution in [2.75, 3.05) is 13.2 Å². The Bertz CT molecular complexity index is 1940. The lowest BCUT2D eigenvalue weighted by molar-refractivity contribution is -0.113. The van der Waals surface area contributed by atoms with Crippen molar-refractivity contribution in [2.45, 2.75) is 452 Å². The van der Waals surface area contributed by atoms with Crippen LogP contribution in [-0.4, -0.2) is 13.2 Å². The molecule has 0 aromatic heterocycles. The highest BCUT2D eigenvalue weighted by atomic mass is 16.5. The third kappa shape index (κ3) is 19.3. The van der Waals surface area contributed by atoms with Crippen LogP contribution in [0.3, 0.4) is 0 Å². The van der Waals surface area contributed by atoms with E-state index in [1.807, 2.05) is 0 Å². The topological polar surface area (TPSA) is 9.23 Å². The SMILES string of the molecule is CC(C)(C)C1(C(C)(C)C)CC1.CC(C)(C)C1(C(C)(C)C)CC1(C)C.CC(C)(C)C1(C(C)(C)C)CCC1.CC(C)(C)C1(C(C)(C)C)CCCC1.CC(C)(C)C1(C(C)(C)C)CCCCC1.CC(C)(C)C1(C(C)(C)C)CCCCCC1.CC(C)(C)C1(C(C)(C)C)CCOCC1. The van der Waals surface area contributed by atoms with Crippen molar-refractivity contribution >= 4 is 0 Å². The molecule has 7 aliphatic rings. The van der Waals surface area contributed by atoms with E-state index >= 15 is 0 Å². The smallest absolute Gasteiger partial charge is 0.0471 e. The van der Waals surface area contributed by atoms with Crippen LogP contribution >= 0.6 is 0 Å². The summed E-state index contributed by atoms with van der Waals surface area (Å²) in [5, 5.41) is 0. The highest BCUT2D eigenvalue weighted by Crippen LogP contribution is 2.78. The van der Waals surface area contributed by atoms with Crippen LogP contribution in [0, 0.1) is 119 Å². The molecular weight excluding hydrogens is 1110 g/mol. The molecule has 0 bridgehead atoms. The molecular formula is C91H182O. The van der Waals surface area contributed by atoms with Crippen molar-refractivity contribution in [1.82, 2.24) is 0 Å². The largest absolute Gasteiger partial charge is 0.381 e. The number of hydrogen-bond acceptors (Lipinski definition) is 1. The monoisotopic (exact) mass is 1290 g/mol. The van der Waals surface area contributed by atoms with Gasteiger partial charge in [-0.2, -0.15) is 0 Å². The summed E-state index contributed by atoms with van der Waals surface area (Å²) in [5.41, 5.74) is 10.6. The van der Waals surface area contributed by atoms with Crippen LogP contribution < -0.4 is 0 Å². The number of hydrogen-bond donors (Lipinski definition) is 0. The number of rotatable bonds is 0. The Morgan fingerprint density at radius 3 is 0.413 bits per heavy atom. The first-order valence-electron chi connectivity index (χ1n) is 39.8. The summed E-state index contributed by atoms with van der Waals surface area (Å²) >= 11 is 0. The van der Waals surface area contributed by atoms with Gasteiger partial charge in [0.15, 0.2) is 0 Å². The van der Waals surface area contributed by atoms with Crippen LogP contribution in [0.2, 0.25) is 0 Å². The van der Waals surface area contributed by atoms with E-state index in [1.165, 1.54) is 148 Å². The van der Waals surface area contributed by atoms with Gasteiger partial charge in [-0.3, -0.25) is 0 Å². The minimum atomic E-state index is 0.370. The van der Waals surface area contributed by atoms with Crippen molar-refractivity contribution in [2.24, 2.45) is 119 Å². The molecule has 552 valence electrons. The molecule has 6 saturated carbocycles. The normalized spacial score (nSPS) is 23.9. The van der Waals surface area contributed by atoms with Crippen molar-refractivity contribution in [3.05, 3.63) is 0 Å². The van der Waals surface area contributed by atoms with Gasteiger partial charge >= 0.3 is 0 Å². The molecule has 0 spiro atoms. The van der Waals surface area contributed by atoms with Crippen LogP contribution in [0.5, 0.6) is 0 Å². The maximum Gasteiger partial charge on any atom is 0.0471 e. The van der Waals surface area contributed by atoms with E-state index in [9.17, 15) is 0 Å². The molecule has 1 heterocycles. The molecule has 7 rings (SSSR count). The maximum atomic E-state index is 5.52. The molecule has 0 atom stereocenters. The van der Waals surface area contributed by atoms with Gasteiger partial charge in [-0.25, -0.2) is 0 Å². The van der Waals surface area contributed by atoms with Gasteiger partial charge in [-0.15, -0.1) is 0 Å². The summed E-state index contributed by atoms with van der Waals surface area (Å²) in [7, 11) is 0. The highest BCUT2D eigenvalue weighted by Gasteiger charge is 2.71. The lowest BCUT2D eigenvalue weighted by atomic mass is 9.45. The molecule has 1 heteroatoms. The van der Waals surface area contributed by atoms with E-state index in [0.29, 0.717) is 119 Å². The molecule has 1 nitrogen and oxygen atoms in total. The van der Waals surface area contributed by atoms with Gasteiger partial charge in [0.2, 0.25) is 0 Å².